The number of piperidine rings is 1. The molecular weight excluding hydrogens is 544 g/mol. The topological polar surface area (TPSA) is 106 Å². The van der Waals surface area contributed by atoms with E-state index in [2.05, 4.69) is 41.3 Å². The zero-order valence-electron chi connectivity index (χ0n) is 26.4. The van der Waals surface area contributed by atoms with Gasteiger partial charge in [0.2, 0.25) is 5.91 Å². The van der Waals surface area contributed by atoms with Gasteiger partial charge in [0, 0.05) is 54.5 Å². The Hall–Kier alpha value is -2.75. The van der Waals surface area contributed by atoms with Gasteiger partial charge in [-0.2, -0.15) is 0 Å². The molecule has 7 rings (SSSR count). The molecule has 0 unspecified atom stereocenters. The minimum Gasteiger partial charge on any atom is -0.361 e. The number of nitrogens with zero attached hydrogens (tertiary/aromatic N) is 3. The number of benzene rings is 1. The van der Waals surface area contributed by atoms with Crippen LogP contribution in [0.2, 0.25) is 0 Å². The van der Waals surface area contributed by atoms with Gasteiger partial charge in [-0.15, -0.1) is 0 Å². The molecule has 1 aliphatic carbocycles. The van der Waals surface area contributed by atoms with Crippen LogP contribution in [0.3, 0.4) is 0 Å². The summed E-state index contributed by atoms with van der Waals surface area (Å²) in [5, 5.41) is 13.6. The van der Waals surface area contributed by atoms with E-state index >= 15 is 0 Å². The summed E-state index contributed by atoms with van der Waals surface area (Å²) in [4.78, 5) is 51.7. The number of likely N-dealkylation sites (N-methyl/N-ethyl adjacent to an activating group) is 1. The standard InChI is InChI=1S/C34H46N4O5/c1-7-32(4,5)29-30(40)37-13-9-12-27(37)34(42)38(29)31(41)33(43-34,19(2)3)16-26(39)21-14-23-22-10-8-11-24-28(22)20(17-35-24)15-25(23)36(6)18-21/h8,10-11,17,19,21,23,25,27,29,35,42H,7,9,12-16,18H2,1-6H3/t21-,23-,25-,27+,29-,33-,34+/m1/s1. The van der Waals surface area contributed by atoms with E-state index in [1.807, 2.05) is 34.6 Å². The summed E-state index contributed by atoms with van der Waals surface area (Å²) in [6.45, 7) is 10.9. The number of fused-ring (bicyclic) bond motifs is 5. The summed E-state index contributed by atoms with van der Waals surface area (Å²) in [5.41, 5.74) is 1.63. The lowest BCUT2D eigenvalue weighted by atomic mass is 9.70. The van der Waals surface area contributed by atoms with Crippen LogP contribution in [-0.2, 0) is 25.5 Å². The Balaban J connectivity index is 1.22. The second-order valence-electron chi connectivity index (χ2n) is 14.9. The number of Topliss-reactive ketones (excluding diaryl/α,β-unsaturated/α-hetero) is 1. The molecule has 0 spiro atoms. The van der Waals surface area contributed by atoms with E-state index < -0.39 is 34.9 Å². The molecule has 4 saturated heterocycles. The average Bonchev–Trinajstić information content (AvgIpc) is 3.68. The lowest BCUT2D eigenvalue weighted by Crippen LogP contribution is -2.73. The van der Waals surface area contributed by atoms with Gasteiger partial charge in [-0.1, -0.05) is 46.8 Å². The number of carbonyl (C=O) groups is 3. The van der Waals surface area contributed by atoms with Gasteiger partial charge < -0.3 is 24.6 Å². The van der Waals surface area contributed by atoms with Gasteiger partial charge in [0.1, 0.15) is 17.9 Å². The van der Waals surface area contributed by atoms with Crippen LogP contribution in [0, 0.1) is 17.3 Å². The number of hydrogen-bond acceptors (Lipinski definition) is 6. The van der Waals surface area contributed by atoms with Crippen molar-refractivity contribution in [3.8, 4) is 0 Å². The molecule has 9 nitrogen and oxygen atoms in total. The van der Waals surface area contributed by atoms with Crippen molar-refractivity contribution in [1.82, 2.24) is 19.7 Å². The monoisotopic (exact) mass is 590 g/mol. The predicted molar refractivity (Wildman–Crippen MR) is 162 cm³/mol. The summed E-state index contributed by atoms with van der Waals surface area (Å²) < 4.78 is 6.62. The van der Waals surface area contributed by atoms with Gasteiger partial charge in [-0.3, -0.25) is 19.3 Å². The Kier molecular flexibility index (Phi) is 6.49. The van der Waals surface area contributed by atoms with Gasteiger partial charge in [-0.25, -0.2) is 0 Å². The van der Waals surface area contributed by atoms with E-state index in [0.717, 1.165) is 18.4 Å². The predicted octanol–water partition coefficient (Wildman–Crippen LogP) is 3.80. The third kappa shape index (κ3) is 3.89. The Morgan fingerprint density at radius 3 is 2.74 bits per heavy atom. The number of ketones is 1. The van der Waals surface area contributed by atoms with Crippen molar-refractivity contribution < 1.29 is 24.2 Å². The van der Waals surface area contributed by atoms with Crippen molar-refractivity contribution in [1.29, 1.82) is 0 Å². The number of aromatic amines is 1. The first kappa shape index (κ1) is 29.0. The third-order valence-corrected chi connectivity index (χ3v) is 11.9. The summed E-state index contributed by atoms with van der Waals surface area (Å²) in [5.74, 6) is -2.96. The number of hydrogen-bond donors (Lipinski definition) is 2. The average molecular weight is 591 g/mol. The van der Waals surface area contributed by atoms with Crippen LogP contribution in [0.4, 0.5) is 0 Å². The molecule has 1 aromatic heterocycles. The van der Waals surface area contributed by atoms with Crippen molar-refractivity contribution in [2.24, 2.45) is 17.3 Å². The highest BCUT2D eigenvalue weighted by molar-refractivity contribution is 5.99. The fourth-order valence-electron chi connectivity index (χ4n) is 9.07. The Morgan fingerprint density at radius 1 is 1.26 bits per heavy atom. The molecule has 2 N–H and O–H groups in total. The number of aromatic nitrogens is 1. The zero-order chi connectivity index (χ0) is 30.6. The Labute approximate surface area is 253 Å². The molecule has 5 heterocycles. The fourth-order valence-corrected chi connectivity index (χ4v) is 9.07. The van der Waals surface area contributed by atoms with Crippen LogP contribution in [0.1, 0.15) is 83.8 Å². The lowest BCUT2D eigenvalue weighted by Gasteiger charge is -2.52. The van der Waals surface area contributed by atoms with Gasteiger partial charge in [0.05, 0.1) is 0 Å². The van der Waals surface area contributed by atoms with Crippen molar-refractivity contribution in [2.75, 3.05) is 20.1 Å². The molecule has 4 aliphatic heterocycles. The first-order valence-electron chi connectivity index (χ1n) is 16.2. The number of aliphatic hydroxyl groups is 1. The summed E-state index contributed by atoms with van der Waals surface area (Å²) in [6, 6.07) is 5.21. The number of rotatable bonds is 6. The summed E-state index contributed by atoms with van der Waals surface area (Å²) in [6.07, 6.45) is 5.60. The minimum atomic E-state index is -1.96. The molecule has 9 heteroatoms. The Morgan fingerprint density at radius 2 is 2.02 bits per heavy atom. The van der Waals surface area contributed by atoms with Crippen molar-refractivity contribution in [2.45, 2.75) is 109 Å². The van der Waals surface area contributed by atoms with Crippen LogP contribution in [-0.4, -0.2) is 92.2 Å². The number of piperazine rings is 1. The number of likely N-dealkylation sites (tertiary alicyclic amines) is 1. The van der Waals surface area contributed by atoms with Gasteiger partial charge in [0.15, 0.2) is 5.60 Å². The SMILES string of the molecule is CCC(C)(C)[C@H]1C(=O)N2CCC[C@H]2[C@]2(O)O[C@](CC(=O)[C@@H]3C[C@@H]4c5cccc6[nH]cc(c56)C[C@H]4N(C)C3)(C(C)C)C(=O)N12. The molecule has 232 valence electrons. The quantitative estimate of drug-likeness (QED) is 0.530. The van der Waals surface area contributed by atoms with Crippen molar-refractivity contribution >= 4 is 28.5 Å². The highest BCUT2D eigenvalue weighted by Crippen LogP contribution is 2.53. The van der Waals surface area contributed by atoms with E-state index in [9.17, 15) is 19.5 Å². The van der Waals surface area contributed by atoms with Gasteiger partial charge in [0.25, 0.3) is 11.8 Å². The Bertz CT molecular complexity index is 1500. The van der Waals surface area contributed by atoms with E-state index in [1.54, 1.807) is 4.90 Å². The molecule has 2 aromatic rings. The highest BCUT2D eigenvalue weighted by Gasteiger charge is 2.73. The molecule has 4 fully saturated rings. The normalized spacial score (nSPS) is 36.0. The molecule has 7 atom stereocenters. The molecule has 5 aliphatic rings. The number of ether oxygens (including phenoxy) is 1. The highest BCUT2D eigenvalue weighted by atomic mass is 16.7. The minimum absolute atomic E-state index is 0.0104. The largest absolute Gasteiger partial charge is 0.361 e. The van der Waals surface area contributed by atoms with E-state index in [-0.39, 0.29) is 35.9 Å². The van der Waals surface area contributed by atoms with E-state index in [1.165, 1.54) is 21.4 Å². The molecule has 0 bridgehead atoms. The van der Waals surface area contributed by atoms with Crippen molar-refractivity contribution in [3.05, 3.63) is 35.5 Å². The number of carbonyl (C=O) groups excluding carboxylic acids is 3. The van der Waals surface area contributed by atoms with Crippen LogP contribution >= 0.6 is 0 Å². The van der Waals surface area contributed by atoms with Crippen LogP contribution in [0.5, 0.6) is 0 Å². The second-order valence-corrected chi connectivity index (χ2v) is 14.9. The van der Waals surface area contributed by atoms with E-state index in [0.29, 0.717) is 38.4 Å². The maximum atomic E-state index is 14.7. The first-order chi connectivity index (χ1) is 20.3. The number of amides is 2. The van der Waals surface area contributed by atoms with E-state index in [4.69, 9.17) is 4.74 Å². The molecular formula is C34H46N4O5. The molecule has 0 saturated carbocycles. The first-order valence-corrected chi connectivity index (χ1v) is 16.2. The van der Waals surface area contributed by atoms with Gasteiger partial charge in [-0.05, 0) is 67.7 Å². The summed E-state index contributed by atoms with van der Waals surface area (Å²) in [7, 11) is 2.10. The fraction of sp³-hybridized carbons (Fsp3) is 0.676. The maximum Gasteiger partial charge on any atom is 0.274 e. The number of H-pyrrole nitrogens is 1. The molecule has 43 heavy (non-hydrogen) atoms. The summed E-state index contributed by atoms with van der Waals surface area (Å²) >= 11 is 0. The smallest absolute Gasteiger partial charge is 0.274 e. The van der Waals surface area contributed by atoms with Crippen molar-refractivity contribution in [3.63, 3.8) is 0 Å². The van der Waals surface area contributed by atoms with Crippen LogP contribution in [0.25, 0.3) is 10.9 Å². The number of nitrogens with one attached hydrogen (secondary N) is 1. The van der Waals surface area contributed by atoms with Gasteiger partial charge >= 0.3 is 0 Å². The molecule has 0 radical (unpaired) electrons. The van der Waals surface area contributed by atoms with Crippen LogP contribution < -0.4 is 0 Å². The second kappa shape index (κ2) is 9.62. The third-order valence-electron chi connectivity index (χ3n) is 11.9. The maximum absolute atomic E-state index is 14.7. The lowest BCUT2D eigenvalue weighted by molar-refractivity contribution is -0.323. The van der Waals surface area contributed by atoms with Crippen LogP contribution in [0.15, 0.2) is 24.4 Å². The zero-order valence-corrected chi connectivity index (χ0v) is 26.4. The molecule has 1 aromatic carbocycles. The molecule has 2 amide bonds.